The summed E-state index contributed by atoms with van der Waals surface area (Å²) >= 11 is 1.65. The summed E-state index contributed by atoms with van der Waals surface area (Å²) < 4.78 is 6.02. The molecular formula is C18H19N3OS. The summed E-state index contributed by atoms with van der Waals surface area (Å²) in [7, 11) is 0. The maximum Gasteiger partial charge on any atom is 0.118 e. The monoisotopic (exact) mass is 325 g/mol. The second-order valence-electron chi connectivity index (χ2n) is 5.94. The maximum absolute atomic E-state index is 6.02. The fourth-order valence-corrected chi connectivity index (χ4v) is 3.65. The second-order valence-corrected chi connectivity index (χ2v) is 6.92. The molecule has 0 bridgehead atoms. The van der Waals surface area contributed by atoms with Crippen LogP contribution in [0.15, 0.2) is 42.0 Å². The summed E-state index contributed by atoms with van der Waals surface area (Å²) in [5, 5.41) is 4.26. The Bertz CT molecular complexity index is 803. The molecule has 118 valence electrons. The van der Waals surface area contributed by atoms with E-state index in [-0.39, 0.29) is 6.10 Å². The van der Waals surface area contributed by atoms with Crippen LogP contribution in [0.5, 0.6) is 0 Å². The van der Waals surface area contributed by atoms with Crippen molar-refractivity contribution in [2.75, 3.05) is 18.0 Å². The molecule has 2 aromatic heterocycles. The number of anilines is 1. The Labute approximate surface area is 139 Å². The Kier molecular flexibility index (Phi) is 3.97. The molecular weight excluding hydrogens is 306 g/mol. The minimum absolute atomic E-state index is 0.271. The van der Waals surface area contributed by atoms with Gasteiger partial charge in [-0.05, 0) is 31.0 Å². The van der Waals surface area contributed by atoms with Gasteiger partial charge in [0.15, 0.2) is 0 Å². The first-order valence-corrected chi connectivity index (χ1v) is 8.78. The molecule has 0 aliphatic carbocycles. The van der Waals surface area contributed by atoms with Crippen LogP contribution in [0.2, 0.25) is 0 Å². The third-order valence-corrected chi connectivity index (χ3v) is 5.04. The summed E-state index contributed by atoms with van der Waals surface area (Å²) in [5.41, 5.74) is 3.57. The fourth-order valence-electron chi connectivity index (χ4n) is 3.12. The van der Waals surface area contributed by atoms with Gasteiger partial charge in [-0.25, -0.2) is 4.98 Å². The molecule has 1 aliphatic rings. The molecule has 3 heterocycles. The van der Waals surface area contributed by atoms with Gasteiger partial charge in [0.25, 0.3) is 0 Å². The minimum Gasteiger partial charge on any atom is -0.369 e. The van der Waals surface area contributed by atoms with Crippen LogP contribution in [0.1, 0.15) is 17.0 Å². The van der Waals surface area contributed by atoms with E-state index in [1.54, 1.807) is 11.3 Å². The molecule has 1 unspecified atom stereocenters. The third-order valence-electron chi connectivity index (χ3n) is 4.29. The van der Waals surface area contributed by atoms with Crippen LogP contribution in [0, 0.1) is 6.92 Å². The van der Waals surface area contributed by atoms with Crippen molar-refractivity contribution in [1.82, 2.24) is 9.97 Å². The van der Waals surface area contributed by atoms with Crippen LogP contribution in [0.4, 0.5) is 5.69 Å². The summed E-state index contributed by atoms with van der Waals surface area (Å²) in [6.45, 7) is 4.67. The van der Waals surface area contributed by atoms with Crippen molar-refractivity contribution < 1.29 is 4.74 Å². The van der Waals surface area contributed by atoms with E-state index in [4.69, 9.17) is 4.74 Å². The van der Waals surface area contributed by atoms with Crippen LogP contribution >= 0.6 is 11.3 Å². The highest BCUT2D eigenvalue weighted by Crippen LogP contribution is 2.29. The highest BCUT2D eigenvalue weighted by Gasteiger charge is 2.24. The van der Waals surface area contributed by atoms with Crippen LogP contribution < -0.4 is 4.90 Å². The van der Waals surface area contributed by atoms with E-state index in [1.807, 2.05) is 17.8 Å². The molecule has 1 aromatic carbocycles. The number of ether oxygens (including phenoxy) is 1. The van der Waals surface area contributed by atoms with Crippen molar-refractivity contribution in [1.29, 1.82) is 0 Å². The largest absolute Gasteiger partial charge is 0.369 e. The summed E-state index contributed by atoms with van der Waals surface area (Å²) in [6, 6.07) is 8.59. The highest BCUT2D eigenvalue weighted by atomic mass is 32.1. The van der Waals surface area contributed by atoms with Crippen LogP contribution in [-0.4, -0.2) is 29.2 Å². The van der Waals surface area contributed by atoms with Gasteiger partial charge in [0.2, 0.25) is 0 Å². The zero-order valence-corrected chi connectivity index (χ0v) is 13.9. The van der Waals surface area contributed by atoms with E-state index in [2.05, 4.69) is 46.1 Å². The fraction of sp³-hybridized carbons (Fsp3) is 0.333. The zero-order valence-electron chi connectivity index (χ0n) is 13.1. The average Bonchev–Trinajstić information content (AvgIpc) is 3.23. The number of thiazole rings is 1. The van der Waals surface area contributed by atoms with Crippen molar-refractivity contribution in [3.63, 3.8) is 0 Å². The Hall–Kier alpha value is -1.98. The number of pyridine rings is 1. The molecule has 0 N–H and O–H groups in total. The summed E-state index contributed by atoms with van der Waals surface area (Å²) in [4.78, 5) is 11.2. The van der Waals surface area contributed by atoms with Crippen LogP contribution in [-0.2, 0) is 11.3 Å². The molecule has 0 saturated carbocycles. The van der Waals surface area contributed by atoms with Crippen molar-refractivity contribution in [2.24, 2.45) is 0 Å². The molecule has 5 heteroatoms. The molecule has 0 amide bonds. The number of rotatable bonds is 4. The SMILES string of the molecule is Cc1ccc2c(N3CCC(OCc4nccs4)C3)ccnc2c1. The van der Waals surface area contributed by atoms with Gasteiger partial charge in [-0.15, -0.1) is 11.3 Å². The van der Waals surface area contributed by atoms with Crippen molar-refractivity contribution >= 4 is 27.9 Å². The zero-order chi connectivity index (χ0) is 15.6. The highest BCUT2D eigenvalue weighted by molar-refractivity contribution is 7.09. The van der Waals surface area contributed by atoms with E-state index in [0.29, 0.717) is 6.61 Å². The van der Waals surface area contributed by atoms with Gasteiger partial charge < -0.3 is 9.64 Å². The van der Waals surface area contributed by atoms with Crippen LogP contribution in [0.25, 0.3) is 10.9 Å². The smallest absolute Gasteiger partial charge is 0.118 e. The Morgan fingerprint density at radius 1 is 1.26 bits per heavy atom. The summed E-state index contributed by atoms with van der Waals surface area (Å²) in [5.74, 6) is 0. The van der Waals surface area contributed by atoms with Crippen molar-refractivity contribution in [3.05, 3.63) is 52.6 Å². The van der Waals surface area contributed by atoms with Gasteiger partial charge in [-0.1, -0.05) is 12.1 Å². The van der Waals surface area contributed by atoms with E-state index < -0.39 is 0 Å². The van der Waals surface area contributed by atoms with Crippen molar-refractivity contribution in [3.8, 4) is 0 Å². The Balaban J connectivity index is 1.49. The first-order valence-electron chi connectivity index (χ1n) is 7.90. The molecule has 1 atom stereocenters. The van der Waals surface area contributed by atoms with E-state index in [9.17, 15) is 0 Å². The van der Waals surface area contributed by atoms with E-state index in [1.165, 1.54) is 16.6 Å². The second kappa shape index (κ2) is 6.26. The molecule has 1 fully saturated rings. The quantitative estimate of drug-likeness (QED) is 0.731. The lowest BCUT2D eigenvalue weighted by molar-refractivity contribution is 0.0552. The molecule has 23 heavy (non-hydrogen) atoms. The maximum atomic E-state index is 6.02. The molecule has 4 nitrogen and oxygen atoms in total. The van der Waals surface area contributed by atoms with Gasteiger partial charge >= 0.3 is 0 Å². The van der Waals surface area contributed by atoms with Crippen LogP contribution in [0.3, 0.4) is 0 Å². The first kappa shape index (κ1) is 14.6. The number of hydrogen-bond acceptors (Lipinski definition) is 5. The molecule has 0 spiro atoms. The Morgan fingerprint density at radius 3 is 3.09 bits per heavy atom. The van der Waals surface area contributed by atoms with E-state index >= 15 is 0 Å². The lowest BCUT2D eigenvalue weighted by Gasteiger charge is -2.20. The molecule has 0 radical (unpaired) electrons. The lowest BCUT2D eigenvalue weighted by Crippen LogP contribution is -2.23. The van der Waals surface area contributed by atoms with Gasteiger partial charge in [-0.3, -0.25) is 4.98 Å². The Morgan fingerprint density at radius 2 is 2.22 bits per heavy atom. The first-order chi connectivity index (χ1) is 11.3. The predicted octanol–water partition coefficient (Wildman–Crippen LogP) is 3.80. The normalized spacial score (nSPS) is 18.0. The average molecular weight is 325 g/mol. The number of aromatic nitrogens is 2. The minimum atomic E-state index is 0.271. The molecule has 1 saturated heterocycles. The standard InChI is InChI=1S/C18H19N3OS/c1-13-2-3-15-16(10-13)19-6-4-17(15)21-8-5-14(11-21)22-12-18-20-7-9-23-18/h2-4,6-7,9-10,14H,5,8,11-12H2,1H3. The van der Waals surface area contributed by atoms with Crippen molar-refractivity contribution in [2.45, 2.75) is 26.1 Å². The topological polar surface area (TPSA) is 38.2 Å². The number of fused-ring (bicyclic) bond motifs is 1. The van der Waals surface area contributed by atoms with E-state index in [0.717, 1.165) is 30.0 Å². The third kappa shape index (κ3) is 3.07. The lowest BCUT2D eigenvalue weighted by atomic mass is 10.1. The number of hydrogen-bond donors (Lipinski definition) is 0. The van der Waals surface area contributed by atoms with Gasteiger partial charge in [0.1, 0.15) is 5.01 Å². The van der Waals surface area contributed by atoms with Gasteiger partial charge in [-0.2, -0.15) is 0 Å². The van der Waals surface area contributed by atoms with Gasteiger partial charge in [0, 0.05) is 41.9 Å². The molecule has 3 aromatic rings. The molecule has 1 aliphatic heterocycles. The summed E-state index contributed by atoms with van der Waals surface area (Å²) in [6.07, 6.45) is 5.06. The number of benzene rings is 1. The van der Waals surface area contributed by atoms with Gasteiger partial charge in [0.05, 0.1) is 18.2 Å². The number of nitrogens with zero attached hydrogens (tertiary/aromatic N) is 3. The number of aryl methyl sites for hydroxylation is 1. The molecule has 4 rings (SSSR count). The predicted molar refractivity (Wildman–Crippen MR) is 94.0 cm³/mol.